The van der Waals surface area contributed by atoms with Crippen LogP contribution in [0.15, 0.2) is 36.1 Å². The first-order valence-electron chi connectivity index (χ1n) is 9.93. The van der Waals surface area contributed by atoms with Gasteiger partial charge in [0.2, 0.25) is 5.95 Å². The zero-order chi connectivity index (χ0) is 20.9. The molecule has 0 spiro atoms. The second-order valence-electron chi connectivity index (χ2n) is 7.51. The average molecular weight is 421 g/mol. The van der Waals surface area contributed by atoms with Crippen LogP contribution in [0.3, 0.4) is 0 Å². The third-order valence-electron chi connectivity index (χ3n) is 5.08. The minimum absolute atomic E-state index is 0.290. The Balaban J connectivity index is 1.45. The Hall–Kier alpha value is -3.09. The maximum absolute atomic E-state index is 8.88. The first-order chi connectivity index (χ1) is 14.6. The third kappa shape index (κ3) is 4.72. The van der Waals surface area contributed by atoms with Gasteiger partial charge in [-0.1, -0.05) is 6.42 Å². The number of hydrogen-bond donors (Lipinski definition) is 1. The Morgan fingerprint density at radius 3 is 2.73 bits per heavy atom. The van der Waals surface area contributed by atoms with Crippen molar-refractivity contribution in [1.82, 2.24) is 24.8 Å². The SMILES string of the molecule is CN(C)c1ncc(CN2CCCC[C@H]2c2csc(Nc3ccc(C#N)nc3)n2)cn1. The minimum Gasteiger partial charge on any atom is -0.347 e. The van der Waals surface area contributed by atoms with Gasteiger partial charge in [0.1, 0.15) is 11.8 Å². The Morgan fingerprint density at radius 2 is 2.03 bits per heavy atom. The van der Waals surface area contributed by atoms with Crippen LogP contribution < -0.4 is 10.2 Å². The molecule has 0 bridgehead atoms. The van der Waals surface area contributed by atoms with Crippen molar-refractivity contribution in [2.75, 3.05) is 30.9 Å². The molecule has 0 aliphatic carbocycles. The van der Waals surface area contributed by atoms with E-state index in [9.17, 15) is 0 Å². The van der Waals surface area contributed by atoms with Gasteiger partial charge in [0.15, 0.2) is 5.13 Å². The molecule has 0 saturated carbocycles. The molecule has 4 heterocycles. The molecule has 0 aromatic carbocycles. The molecule has 1 fully saturated rings. The molecule has 1 aliphatic heterocycles. The van der Waals surface area contributed by atoms with Crippen LogP contribution in [0, 0.1) is 11.3 Å². The van der Waals surface area contributed by atoms with Crippen molar-refractivity contribution in [2.24, 2.45) is 0 Å². The highest BCUT2D eigenvalue weighted by molar-refractivity contribution is 7.13. The van der Waals surface area contributed by atoms with Gasteiger partial charge in [0, 0.05) is 44.0 Å². The van der Waals surface area contributed by atoms with E-state index in [4.69, 9.17) is 10.2 Å². The summed E-state index contributed by atoms with van der Waals surface area (Å²) in [6, 6.07) is 5.86. The molecule has 4 rings (SSSR count). The lowest BCUT2D eigenvalue weighted by molar-refractivity contribution is 0.137. The molecule has 8 nitrogen and oxygen atoms in total. The van der Waals surface area contributed by atoms with Gasteiger partial charge in [-0.15, -0.1) is 11.3 Å². The Morgan fingerprint density at radius 1 is 1.20 bits per heavy atom. The summed E-state index contributed by atoms with van der Waals surface area (Å²) in [5, 5.41) is 15.1. The molecular formula is C21H24N8S. The highest BCUT2D eigenvalue weighted by Gasteiger charge is 2.26. The van der Waals surface area contributed by atoms with E-state index in [0.717, 1.165) is 47.5 Å². The van der Waals surface area contributed by atoms with Gasteiger partial charge in [-0.3, -0.25) is 4.90 Å². The standard InChI is InChI=1S/C21H24N8S/c1-28(2)20-24-10-15(11-25-20)13-29-8-4-3-5-19(29)18-14-30-21(27-18)26-17-7-6-16(9-22)23-12-17/h6-7,10-12,14,19H,3-5,8,13H2,1-2H3,(H,26,27)/t19-/m0/s1. The van der Waals surface area contributed by atoms with Gasteiger partial charge in [-0.2, -0.15) is 5.26 Å². The van der Waals surface area contributed by atoms with Crippen molar-refractivity contribution in [3.63, 3.8) is 0 Å². The number of nitrogens with one attached hydrogen (secondary N) is 1. The molecule has 154 valence electrons. The number of nitrogens with zero attached hydrogens (tertiary/aromatic N) is 7. The highest BCUT2D eigenvalue weighted by Crippen LogP contribution is 2.34. The minimum atomic E-state index is 0.290. The summed E-state index contributed by atoms with van der Waals surface area (Å²) in [6.45, 7) is 1.86. The number of aromatic nitrogens is 4. The van der Waals surface area contributed by atoms with E-state index in [-0.39, 0.29) is 6.04 Å². The van der Waals surface area contributed by atoms with Crippen molar-refractivity contribution < 1.29 is 0 Å². The molecule has 1 saturated heterocycles. The Labute approximate surface area is 180 Å². The fraction of sp³-hybridized carbons (Fsp3) is 0.381. The molecule has 30 heavy (non-hydrogen) atoms. The maximum atomic E-state index is 8.88. The lowest BCUT2D eigenvalue weighted by Gasteiger charge is -2.34. The second kappa shape index (κ2) is 9.15. The van der Waals surface area contributed by atoms with Crippen molar-refractivity contribution in [3.8, 4) is 6.07 Å². The van der Waals surface area contributed by atoms with E-state index in [1.165, 1.54) is 12.8 Å². The van der Waals surface area contributed by atoms with Crippen LogP contribution in [0.4, 0.5) is 16.8 Å². The third-order valence-corrected chi connectivity index (χ3v) is 5.86. The van der Waals surface area contributed by atoms with Gasteiger partial charge in [0.25, 0.3) is 0 Å². The van der Waals surface area contributed by atoms with E-state index >= 15 is 0 Å². The topological polar surface area (TPSA) is 93.9 Å². The molecule has 0 unspecified atom stereocenters. The van der Waals surface area contributed by atoms with Gasteiger partial charge < -0.3 is 10.2 Å². The monoisotopic (exact) mass is 420 g/mol. The van der Waals surface area contributed by atoms with Crippen LogP contribution in [0.2, 0.25) is 0 Å². The largest absolute Gasteiger partial charge is 0.347 e. The number of anilines is 3. The lowest BCUT2D eigenvalue weighted by Crippen LogP contribution is -2.33. The van der Waals surface area contributed by atoms with E-state index in [1.54, 1.807) is 23.6 Å². The zero-order valence-corrected chi connectivity index (χ0v) is 17.9. The van der Waals surface area contributed by atoms with Crippen molar-refractivity contribution in [3.05, 3.63) is 53.1 Å². The van der Waals surface area contributed by atoms with Gasteiger partial charge in [0.05, 0.1) is 23.6 Å². The van der Waals surface area contributed by atoms with E-state index in [2.05, 4.69) is 30.5 Å². The first kappa shape index (κ1) is 20.2. The molecule has 9 heteroatoms. The van der Waals surface area contributed by atoms with E-state index in [1.807, 2.05) is 43.5 Å². The van der Waals surface area contributed by atoms with Crippen molar-refractivity contribution >= 4 is 28.1 Å². The predicted octanol–water partition coefficient (Wildman–Crippen LogP) is 3.74. The van der Waals surface area contributed by atoms with Gasteiger partial charge >= 0.3 is 0 Å². The molecule has 3 aromatic rings. The summed E-state index contributed by atoms with van der Waals surface area (Å²) in [7, 11) is 3.88. The summed E-state index contributed by atoms with van der Waals surface area (Å²) in [5.74, 6) is 0.724. The van der Waals surface area contributed by atoms with Crippen molar-refractivity contribution in [2.45, 2.75) is 31.8 Å². The zero-order valence-electron chi connectivity index (χ0n) is 17.1. The quantitative estimate of drug-likeness (QED) is 0.645. The number of hydrogen-bond acceptors (Lipinski definition) is 9. The van der Waals surface area contributed by atoms with Crippen LogP contribution in [0.25, 0.3) is 0 Å². The fourth-order valence-electron chi connectivity index (χ4n) is 3.56. The summed E-state index contributed by atoms with van der Waals surface area (Å²) in [5.41, 5.74) is 3.44. The van der Waals surface area contributed by atoms with Gasteiger partial charge in [-0.05, 0) is 31.5 Å². The summed E-state index contributed by atoms with van der Waals surface area (Å²) >= 11 is 1.59. The Kier molecular flexibility index (Phi) is 6.16. The molecule has 0 amide bonds. The number of likely N-dealkylation sites (tertiary alicyclic amines) is 1. The van der Waals surface area contributed by atoms with Crippen LogP contribution in [-0.4, -0.2) is 45.5 Å². The smallest absolute Gasteiger partial charge is 0.224 e. The fourth-order valence-corrected chi connectivity index (χ4v) is 4.34. The number of nitriles is 1. The van der Waals surface area contributed by atoms with Crippen molar-refractivity contribution in [1.29, 1.82) is 5.26 Å². The van der Waals surface area contributed by atoms with E-state index in [0.29, 0.717) is 5.69 Å². The maximum Gasteiger partial charge on any atom is 0.224 e. The number of rotatable bonds is 6. The van der Waals surface area contributed by atoms with Crippen LogP contribution >= 0.6 is 11.3 Å². The molecular weight excluding hydrogens is 396 g/mol. The highest BCUT2D eigenvalue weighted by atomic mass is 32.1. The van der Waals surface area contributed by atoms with Crippen LogP contribution in [0.1, 0.15) is 42.3 Å². The van der Waals surface area contributed by atoms with Crippen LogP contribution in [-0.2, 0) is 6.54 Å². The first-order valence-corrected chi connectivity index (χ1v) is 10.8. The Bertz CT molecular complexity index is 1010. The summed E-state index contributed by atoms with van der Waals surface area (Å²) in [4.78, 5) is 22.2. The molecule has 0 radical (unpaired) electrons. The van der Waals surface area contributed by atoms with Gasteiger partial charge in [-0.25, -0.2) is 19.9 Å². The number of thiazole rings is 1. The molecule has 1 N–H and O–H groups in total. The average Bonchev–Trinajstić information content (AvgIpc) is 3.23. The predicted molar refractivity (Wildman–Crippen MR) is 118 cm³/mol. The molecule has 1 atom stereocenters. The van der Waals surface area contributed by atoms with Crippen LogP contribution in [0.5, 0.6) is 0 Å². The van der Waals surface area contributed by atoms with E-state index < -0.39 is 0 Å². The normalized spacial score (nSPS) is 16.8. The second-order valence-corrected chi connectivity index (χ2v) is 8.37. The lowest BCUT2D eigenvalue weighted by atomic mass is 9.99. The summed E-state index contributed by atoms with van der Waals surface area (Å²) < 4.78 is 0. The number of pyridine rings is 1. The molecule has 1 aliphatic rings. The molecule has 3 aromatic heterocycles. The summed E-state index contributed by atoms with van der Waals surface area (Å²) in [6.07, 6.45) is 8.98. The number of piperidine rings is 1.